The zero-order valence-electron chi connectivity index (χ0n) is 12.4. The number of imidazole rings is 1. The number of nitrogens with one attached hydrogen (secondary N) is 1. The van der Waals surface area contributed by atoms with E-state index >= 15 is 0 Å². The summed E-state index contributed by atoms with van der Waals surface area (Å²) in [5, 5.41) is 3.42. The van der Waals surface area contributed by atoms with Gasteiger partial charge in [0.25, 0.3) is 5.91 Å². The molecule has 1 aromatic heterocycles. The highest BCUT2D eigenvalue weighted by molar-refractivity contribution is 6.40. The fourth-order valence-corrected chi connectivity index (χ4v) is 3.02. The highest BCUT2D eigenvalue weighted by Crippen LogP contribution is 2.28. The van der Waals surface area contributed by atoms with Crippen molar-refractivity contribution in [2.24, 2.45) is 0 Å². The first-order valence-corrected chi connectivity index (χ1v) is 8.04. The lowest BCUT2D eigenvalue weighted by molar-refractivity contribution is 0.0754. The summed E-state index contributed by atoms with van der Waals surface area (Å²) >= 11 is 12.0. The minimum atomic E-state index is -0.257. The molecule has 2 rings (SSSR count). The van der Waals surface area contributed by atoms with Gasteiger partial charge >= 0.3 is 0 Å². The summed E-state index contributed by atoms with van der Waals surface area (Å²) < 4.78 is 6.81. The minimum absolute atomic E-state index is 0.121. The Labute approximate surface area is 135 Å². The molecule has 1 saturated carbocycles. The van der Waals surface area contributed by atoms with E-state index in [4.69, 9.17) is 27.9 Å². The van der Waals surface area contributed by atoms with Crippen molar-refractivity contribution in [2.75, 3.05) is 6.61 Å². The van der Waals surface area contributed by atoms with Gasteiger partial charge in [-0.2, -0.15) is 0 Å². The Hall–Kier alpha value is -0.780. The maximum Gasteiger partial charge on any atom is 0.287 e. The van der Waals surface area contributed by atoms with E-state index in [2.05, 4.69) is 17.2 Å². The van der Waals surface area contributed by atoms with Crippen molar-refractivity contribution >= 4 is 29.1 Å². The molecular formula is C14H21Cl2N3O2. The normalized spacial score (nSPS) is 17.7. The smallest absolute Gasteiger partial charge is 0.287 e. The van der Waals surface area contributed by atoms with Crippen molar-refractivity contribution in [2.45, 2.75) is 58.2 Å². The van der Waals surface area contributed by atoms with E-state index in [0.29, 0.717) is 6.61 Å². The number of carbonyl (C=O) groups excluding carboxylic acids is 1. The van der Waals surface area contributed by atoms with Crippen molar-refractivity contribution in [1.82, 2.24) is 14.9 Å². The third-order valence-corrected chi connectivity index (χ3v) is 4.61. The summed E-state index contributed by atoms with van der Waals surface area (Å²) in [4.78, 5) is 16.6. The van der Waals surface area contributed by atoms with Crippen LogP contribution in [0.15, 0.2) is 0 Å². The number of rotatable bonds is 5. The molecule has 0 atom stereocenters. The Kier molecular flexibility index (Phi) is 5.52. The first-order chi connectivity index (χ1) is 9.97. The van der Waals surface area contributed by atoms with Crippen LogP contribution in [-0.2, 0) is 11.5 Å². The first-order valence-electron chi connectivity index (χ1n) is 7.28. The van der Waals surface area contributed by atoms with E-state index in [-0.39, 0.29) is 34.3 Å². The van der Waals surface area contributed by atoms with Crippen molar-refractivity contribution < 1.29 is 9.53 Å². The second-order valence-electron chi connectivity index (χ2n) is 5.64. The molecule has 0 saturated heterocycles. The van der Waals surface area contributed by atoms with Crippen molar-refractivity contribution in [1.29, 1.82) is 0 Å². The molecule has 1 amide bonds. The average molecular weight is 334 g/mol. The van der Waals surface area contributed by atoms with Crippen LogP contribution in [0.2, 0.25) is 10.3 Å². The van der Waals surface area contributed by atoms with Gasteiger partial charge in [0.05, 0.1) is 0 Å². The fraction of sp³-hybridized carbons (Fsp3) is 0.714. The molecule has 0 unspecified atom stereocenters. The molecule has 1 N–H and O–H groups in total. The molecule has 0 aromatic carbocycles. The molecule has 5 nitrogen and oxygen atoms in total. The summed E-state index contributed by atoms with van der Waals surface area (Å²) in [6, 6.07) is 0. The molecule has 1 heterocycles. The van der Waals surface area contributed by atoms with Crippen LogP contribution < -0.4 is 5.32 Å². The number of halogens is 2. The van der Waals surface area contributed by atoms with Gasteiger partial charge in [-0.3, -0.25) is 9.36 Å². The molecule has 1 aliphatic carbocycles. The van der Waals surface area contributed by atoms with Gasteiger partial charge < -0.3 is 10.1 Å². The zero-order valence-corrected chi connectivity index (χ0v) is 13.9. The Morgan fingerprint density at radius 2 is 2.05 bits per heavy atom. The molecule has 0 radical (unpaired) electrons. The number of aromatic nitrogens is 2. The number of ether oxygens (including phenoxy) is 1. The van der Waals surface area contributed by atoms with Gasteiger partial charge in [-0.1, -0.05) is 42.5 Å². The highest BCUT2D eigenvalue weighted by atomic mass is 35.5. The number of amides is 1. The number of carbonyl (C=O) groups is 1. The molecule has 1 aromatic rings. The van der Waals surface area contributed by atoms with Crippen molar-refractivity contribution in [3.8, 4) is 0 Å². The van der Waals surface area contributed by atoms with E-state index in [1.807, 2.05) is 6.92 Å². The van der Waals surface area contributed by atoms with Crippen LogP contribution in [-0.4, -0.2) is 27.6 Å². The van der Waals surface area contributed by atoms with Crippen LogP contribution >= 0.6 is 23.2 Å². The largest absolute Gasteiger partial charge is 0.361 e. The van der Waals surface area contributed by atoms with E-state index in [0.717, 1.165) is 25.7 Å². The molecular weight excluding hydrogens is 313 g/mol. The SMILES string of the molecule is CCOCn1c(C(=O)NC2(C)CCCCC2)nc(Cl)c1Cl. The van der Waals surface area contributed by atoms with Crippen molar-refractivity contribution in [3.63, 3.8) is 0 Å². The van der Waals surface area contributed by atoms with Crippen LogP contribution in [0, 0.1) is 0 Å². The third-order valence-electron chi connectivity index (χ3n) is 3.87. The quantitative estimate of drug-likeness (QED) is 0.894. The van der Waals surface area contributed by atoms with Crippen LogP contribution in [0.25, 0.3) is 0 Å². The molecule has 7 heteroatoms. The zero-order chi connectivity index (χ0) is 15.5. The van der Waals surface area contributed by atoms with E-state index in [1.54, 1.807) is 0 Å². The molecule has 21 heavy (non-hydrogen) atoms. The predicted molar refractivity (Wildman–Crippen MR) is 82.8 cm³/mol. The van der Waals surface area contributed by atoms with Gasteiger partial charge in [0.2, 0.25) is 5.82 Å². The molecule has 0 spiro atoms. The van der Waals surface area contributed by atoms with Crippen molar-refractivity contribution in [3.05, 3.63) is 16.1 Å². The van der Waals surface area contributed by atoms with Gasteiger partial charge in [-0.25, -0.2) is 4.98 Å². The van der Waals surface area contributed by atoms with E-state index in [9.17, 15) is 4.79 Å². The Balaban J connectivity index is 2.16. The summed E-state index contributed by atoms with van der Waals surface area (Å²) in [6.07, 6.45) is 5.44. The topological polar surface area (TPSA) is 56.1 Å². The molecule has 0 aliphatic heterocycles. The maximum absolute atomic E-state index is 12.5. The molecule has 118 valence electrons. The second kappa shape index (κ2) is 6.99. The molecule has 1 aliphatic rings. The van der Waals surface area contributed by atoms with E-state index in [1.165, 1.54) is 11.0 Å². The van der Waals surface area contributed by atoms with Gasteiger partial charge in [0, 0.05) is 12.1 Å². The third kappa shape index (κ3) is 3.90. The predicted octanol–water partition coefficient (Wildman–Crippen LogP) is 3.64. The summed E-state index contributed by atoms with van der Waals surface area (Å²) in [5.41, 5.74) is -0.184. The maximum atomic E-state index is 12.5. The van der Waals surface area contributed by atoms with Crippen LogP contribution in [0.3, 0.4) is 0 Å². The number of hydrogen-bond acceptors (Lipinski definition) is 3. The lowest BCUT2D eigenvalue weighted by Gasteiger charge is -2.34. The van der Waals surface area contributed by atoms with Crippen LogP contribution in [0.5, 0.6) is 0 Å². The number of hydrogen-bond donors (Lipinski definition) is 1. The number of nitrogens with zero attached hydrogens (tertiary/aromatic N) is 2. The summed E-state index contributed by atoms with van der Waals surface area (Å²) in [5.74, 6) is -0.0573. The summed E-state index contributed by atoms with van der Waals surface area (Å²) in [7, 11) is 0. The van der Waals surface area contributed by atoms with Crippen LogP contribution in [0.1, 0.15) is 56.6 Å². The first kappa shape index (κ1) is 16.6. The van der Waals surface area contributed by atoms with Gasteiger partial charge in [0.15, 0.2) is 5.15 Å². The average Bonchev–Trinajstić information content (AvgIpc) is 2.73. The Morgan fingerprint density at radius 3 is 2.67 bits per heavy atom. The lowest BCUT2D eigenvalue weighted by atomic mass is 9.83. The monoisotopic (exact) mass is 333 g/mol. The Bertz CT molecular complexity index is 511. The highest BCUT2D eigenvalue weighted by Gasteiger charge is 2.31. The minimum Gasteiger partial charge on any atom is -0.361 e. The second-order valence-corrected chi connectivity index (χ2v) is 6.36. The lowest BCUT2D eigenvalue weighted by Crippen LogP contribution is -2.48. The van der Waals surface area contributed by atoms with Gasteiger partial charge in [-0.15, -0.1) is 0 Å². The van der Waals surface area contributed by atoms with E-state index < -0.39 is 0 Å². The van der Waals surface area contributed by atoms with Gasteiger partial charge in [-0.05, 0) is 26.7 Å². The fourth-order valence-electron chi connectivity index (χ4n) is 2.66. The summed E-state index contributed by atoms with van der Waals surface area (Å²) in [6.45, 7) is 4.62. The molecule has 0 bridgehead atoms. The Morgan fingerprint density at radius 1 is 1.38 bits per heavy atom. The van der Waals surface area contributed by atoms with Crippen LogP contribution in [0.4, 0.5) is 0 Å². The molecule has 1 fully saturated rings. The van der Waals surface area contributed by atoms with Gasteiger partial charge in [0.1, 0.15) is 11.9 Å². The standard InChI is InChI=1S/C14H21Cl2N3O2/c1-3-21-9-19-11(16)10(15)17-12(19)13(20)18-14(2)7-5-4-6-8-14/h3-9H2,1-2H3,(H,18,20).